The number of hydrogen-bond donors (Lipinski definition) is 1. The van der Waals surface area contributed by atoms with Crippen molar-refractivity contribution in [1.29, 1.82) is 0 Å². The van der Waals surface area contributed by atoms with Crippen molar-refractivity contribution >= 4 is 56.4 Å². The van der Waals surface area contributed by atoms with E-state index in [-0.39, 0.29) is 39.3 Å². The second kappa shape index (κ2) is 12.9. The van der Waals surface area contributed by atoms with Crippen molar-refractivity contribution in [3.05, 3.63) is 98.5 Å². The Labute approximate surface area is 236 Å². The number of carbonyl (C=O) groups is 2. The van der Waals surface area contributed by atoms with Gasteiger partial charge in [0.05, 0.1) is 15.5 Å². The number of rotatable bonds is 11. The zero-order valence-electron chi connectivity index (χ0n) is 21.1. The molecule has 0 saturated carbocycles. The number of hydrogen-bond acceptors (Lipinski definition) is 6. The van der Waals surface area contributed by atoms with E-state index >= 15 is 0 Å². The van der Waals surface area contributed by atoms with Gasteiger partial charge in [-0.3, -0.25) is 24.0 Å². The molecular formula is C26H26Cl2N4O6S. The van der Waals surface area contributed by atoms with Gasteiger partial charge in [0.15, 0.2) is 0 Å². The van der Waals surface area contributed by atoms with Gasteiger partial charge in [0.2, 0.25) is 11.8 Å². The number of nitro groups is 1. The quantitative estimate of drug-likeness (QED) is 0.255. The molecule has 0 aromatic heterocycles. The van der Waals surface area contributed by atoms with Crippen molar-refractivity contribution < 1.29 is 22.9 Å². The van der Waals surface area contributed by atoms with Crippen LogP contribution < -0.4 is 9.62 Å². The summed E-state index contributed by atoms with van der Waals surface area (Å²) in [7, 11) is -2.87. The Morgan fingerprint density at radius 1 is 0.974 bits per heavy atom. The molecule has 0 spiro atoms. The summed E-state index contributed by atoms with van der Waals surface area (Å²) < 4.78 is 28.3. The average molecular weight is 593 g/mol. The minimum absolute atomic E-state index is 0.0292. The Kier molecular flexibility index (Phi) is 9.90. The van der Waals surface area contributed by atoms with Crippen LogP contribution in [-0.2, 0) is 26.2 Å². The molecule has 0 aliphatic heterocycles. The first-order valence-electron chi connectivity index (χ1n) is 11.8. The van der Waals surface area contributed by atoms with Crippen LogP contribution in [0.2, 0.25) is 10.0 Å². The second-order valence-corrected chi connectivity index (χ2v) is 11.0. The number of anilines is 1. The van der Waals surface area contributed by atoms with E-state index in [4.69, 9.17) is 23.2 Å². The topological polar surface area (TPSA) is 130 Å². The van der Waals surface area contributed by atoms with Crippen molar-refractivity contribution in [3.8, 4) is 0 Å². The molecule has 1 atom stereocenters. The van der Waals surface area contributed by atoms with Gasteiger partial charge in [-0.15, -0.1) is 0 Å². The first-order valence-corrected chi connectivity index (χ1v) is 14.0. The lowest BCUT2D eigenvalue weighted by Gasteiger charge is -2.33. The molecule has 0 heterocycles. The number of carbonyl (C=O) groups excluding carboxylic acids is 2. The molecule has 0 aliphatic carbocycles. The Bertz CT molecular complexity index is 1430. The fraction of sp³-hybridized carbons (Fsp3) is 0.231. The molecule has 39 heavy (non-hydrogen) atoms. The largest absolute Gasteiger partial charge is 0.357 e. The van der Waals surface area contributed by atoms with E-state index in [1.807, 2.05) is 0 Å². The molecule has 0 radical (unpaired) electrons. The van der Waals surface area contributed by atoms with E-state index in [9.17, 15) is 28.1 Å². The first-order chi connectivity index (χ1) is 18.5. The lowest BCUT2D eigenvalue weighted by molar-refractivity contribution is -0.384. The van der Waals surface area contributed by atoms with Gasteiger partial charge in [0, 0.05) is 41.3 Å². The number of sulfonamides is 1. The summed E-state index contributed by atoms with van der Waals surface area (Å²) >= 11 is 12.7. The SMILES string of the molecule is CCC(C(=O)NC)N(Cc1c(Cl)cccc1Cl)C(=O)CN(c1ccc([N+](=O)[O-])cc1)S(=O)(=O)c1ccccc1. The molecule has 3 rings (SSSR count). The Hall–Kier alpha value is -3.67. The number of likely N-dealkylation sites (N-methyl/N-ethyl adjacent to an activating group) is 1. The molecule has 3 aromatic rings. The number of nitrogens with one attached hydrogen (secondary N) is 1. The summed E-state index contributed by atoms with van der Waals surface area (Å²) in [6.07, 6.45) is 0.219. The van der Waals surface area contributed by atoms with Crippen LogP contribution in [0.25, 0.3) is 0 Å². The van der Waals surface area contributed by atoms with Crippen LogP contribution in [-0.4, -0.2) is 49.7 Å². The highest BCUT2D eigenvalue weighted by atomic mass is 35.5. The minimum Gasteiger partial charge on any atom is -0.357 e. The van der Waals surface area contributed by atoms with Gasteiger partial charge >= 0.3 is 0 Å². The van der Waals surface area contributed by atoms with Crippen LogP contribution in [0.3, 0.4) is 0 Å². The third kappa shape index (κ3) is 6.86. The first kappa shape index (κ1) is 29.9. The summed E-state index contributed by atoms with van der Waals surface area (Å²) in [5, 5.41) is 14.2. The maximum absolute atomic E-state index is 13.9. The van der Waals surface area contributed by atoms with Crippen molar-refractivity contribution in [3.63, 3.8) is 0 Å². The normalized spacial score (nSPS) is 11.9. The summed E-state index contributed by atoms with van der Waals surface area (Å²) in [5.41, 5.74) is 0.175. The highest BCUT2D eigenvalue weighted by Crippen LogP contribution is 2.29. The smallest absolute Gasteiger partial charge is 0.269 e. The van der Waals surface area contributed by atoms with E-state index < -0.39 is 39.3 Å². The molecule has 0 saturated heterocycles. The molecule has 0 fully saturated rings. The Morgan fingerprint density at radius 2 is 1.56 bits per heavy atom. The lowest BCUT2D eigenvalue weighted by Crippen LogP contribution is -2.51. The molecule has 1 N–H and O–H groups in total. The molecule has 3 aromatic carbocycles. The van der Waals surface area contributed by atoms with Crippen molar-refractivity contribution in [1.82, 2.24) is 10.2 Å². The molecule has 0 aliphatic rings. The number of nitro benzene ring substituents is 1. The van der Waals surface area contributed by atoms with Crippen LogP contribution in [0.1, 0.15) is 18.9 Å². The molecule has 2 amide bonds. The van der Waals surface area contributed by atoms with Gasteiger partial charge in [-0.25, -0.2) is 8.42 Å². The molecule has 206 valence electrons. The number of benzene rings is 3. The molecular weight excluding hydrogens is 567 g/mol. The van der Waals surface area contributed by atoms with E-state index in [1.54, 1.807) is 31.2 Å². The third-order valence-electron chi connectivity index (χ3n) is 5.98. The van der Waals surface area contributed by atoms with E-state index in [1.165, 1.54) is 48.3 Å². The Morgan fingerprint density at radius 3 is 2.08 bits per heavy atom. The minimum atomic E-state index is -4.30. The highest BCUT2D eigenvalue weighted by molar-refractivity contribution is 7.92. The summed E-state index contributed by atoms with van der Waals surface area (Å²) in [6, 6.07) is 16.1. The summed E-state index contributed by atoms with van der Waals surface area (Å²) in [6.45, 7) is 0.844. The standard InChI is InChI=1S/C26H26Cl2N4O6S/c1-3-24(26(34)29-2)30(16-21-22(27)10-7-11-23(21)28)25(33)17-31(18-12-14-19(15-13-18)32(35)36)39(37,38)20-8-5-4-6-9-20/h4-15,24H,3,16-17H2,1-2H3,(H,29,34). The predicted octanol–water partition coefficient (Wildman–Crippen LogP) is 4.65. The maximum Gasteiger partial charge on any atom is 0.269 e. The zero-order chi connectivity index (χ0) is 28.7. The molecule has 13 heteroatoms. The van der Waals surface area contributed by atoms with Gasteiger partial charge in [-0.1, -0.05) is 54.4 Å². The number of halogens is 2. The zero-order valence-corrected chi connectivity index (χ0v) is 23.4. The predicted molar refractivity (Wildman–Crippen MR) is 149 cm³/mol. The molecule has 10 nitrogen and oxygen atoms in total. The molecule has 0 bridgehead atoms. The third-order valence-corrected chi connectivity index (χ3v) is 8.48. The second-order valence-electron chi connectivity index (χ2n) is 8.36. The molecule has 1 unspecified atom stereocenters. The van der Waals surface area contributed by atoms with Gasteiger partial charge in [-0.2, -0.15) is 0 Å². The van der Waals surface area contributed by atoms with Gasteiger partial charge < -0.3 is 10.2 Å². The van der Waals surface area contributed by atoms with Crippen LogP contribution in [0.15, 0.2) is 77.7 Å². The van der Waals surface area contributed by atoms with Crippen molar-refractivity contribution in [2.24, 2.45) is 0 Å². The summed E-state index contributed by atoms with van der Waals surface area (Å²) in [5.74, 6) is -1.17. The van der Waals surface area contributed by atoms with Crippen LogP contribution >= 0.6 is 23.2 Å². The van der Waals surface area contributed by atoms with Crippen molar-refractivity contribution in [2.75, 3.05) is 17.9 Å². The van der Waals surface area contributed by atoms with Crippen molar-refractivity contribution in [2.45, 2.75) is 30.8 Å². The highest BCUT2D eigenvalue weighted by Gasteiger charge is 2.34. The monoisotopic (exact) mass is 592 g/mol. The summed E-state index contributed by atoms with van der Waals surface area (Å²) in [4.78, 5) is 38.3. The number of amides is 2. The van der Waals surface area contributed by atoms with E-state index in [0.29, 0.717) is 5.56 Å². The number of nitrogens with zero attached hydrogens (tertiary/aromatic N) is 3. The fourth-order valence-corrected chi connectivity index (χ4v) is 5.88. The van der Waals surface area contributed by atoms with Gasteiger partial charge in [0.1, 0.15) is 12.6 Å². The Balaban J connectivity index is 2.10. The fourth-order valence-electron chi connectivity index (χ4n) is 3.93. The lowest BCUT2D eigenvalue weighted by atomic mass is 10.1. The van der Waals surface area contributed by atoms with Crippen LogP contribution in [0, 0.1) is 10.1 Å². The average Bonchev–Trinajstić information content (AvgIpc) is 2.93. The van der Waals surface area contributed by atoms with Crippen LogP contribution in [0.5, 0.6) is 0 Å². The van der Waals surface area contributed by atoms with E-state index in [0.717, 1.165) is 16.4 Å². The van der Waals surface area contributed by atoms with Crippen LogP contribution in [0.4, 0.5) is 11.4 Å². The maximum atomic E-state index is 13.9. The van der Waals surface area contributed by atoms with E-state index in [2.05, 4.69) is 5.32 Å². The van der Waals surface area contributed by atoms with Gasteiger partial charge in [-0.05, 0) is 42.8 Å². The number of non-ortho nitro benzene ring substituents is 1. The van der Waals surface area contributed by atoms with Gasteiger partial charge in [0.25, 0.3) is 15.7 Å².